The number of hydrogen-bond donors (Lipinski definition) is 1. The van der Waals surface area contributed by atoms with Crippen molar-refractivity contribution in [1.82, 2.24) is 9.80 Å². The number of benzene rings is 1. The molecule has 1 N–H and O–H groups in total. The Balaban J connectivity index is 1.56. The molecule has 0 radical (unpaired) electrons. The van der Waals surface area contributed by atoms with Gasteiger partial charge in [0.2, 0.25) is 5.91 Å². The fraction of sp³-hybridized carbons (Fsp3) is 0.652. The lowest BCUT2D eigenvalue weighted by Gasteiger charge is -2.48. The number of aliphatic hydroxyl groups is 1. The van der Waals surface area contributed by atoms with Gasteiger partial charge in [-0.3, -0.25) is 13.9 Å². The van der Waals surface area contributed by atoms with Crippen LogP contribution >= 0.6 is 0 Å². The van der Waals surface area contributed by atoms with E-state index in [0.29, 0.717) is 36.4 Å². The molecule has 1 fully saturated rings. The molecular weight excluding hydrogens is 446 g/mol. The van der Waals surface area contributed by atoms with Crippen molar-refractivity contribution >= 4 is 16.0 Å². The van der Waals surface area contributed by atoms with E-state index in [0.717, 1.165) is 32.1 Å². The first-order valence-corrected chi connectivity index (χ1v) is 13.1. The van der Waals surface area contributed by atoms with Crippen LogP contribution < -0.4 is 4.74 Å². The van der Waals surface area contributed by atoms with Crippen LogP contribution in [0.4, 0.5) is 0 Å². The number of amides is 1. The van der Waals surface area contributed by atoms with Crippen molar-refractivity contribution < 1.29 is 27.2 Å². The third-order valence-corrected chi connectivity index (χ3v) is 6.77. The number of aliphatic hydroxyl groups excluding tert-OH is 1. The molecule has 0 aromatic heterocycles. The Morgan fingerprint density at radius 2 is 1.97 bits per heavy atom. The second-order valence-electron chi connectivity index (χ2n) is 9.26. The average Bonchev–Trinajstić information content (AvgIpc) is 2.73. The summed E-state index contributed by atoms with van der Waals surface area (Å²) in [6, 6.07) is 6.66. The monoisotopic (exact) mass is 479 g/mol. The minimum Gasteiger partial charge on any atom is -0.485 e. The van der Waals surface area contributed by atoms with Crippen LogP contribution in [-0.4, -0.2) is 80.0 Å². The standard InChI is InChI=1S/C23H33N3O6S/c1-23(2)22(28)21(18-14-17(15-24)8-9-19(18)32-23)26-12-11-25(16-20(26)27)10-6-4-5-7-13-31-33(3,29)30/h8-9,14,21-22,28H,4-7,10-13,16H2,1-3H3/t21-,22+/m1/s1. The van der Waals surface area contributed by atoms with Crippen molar-refractivity contribution in [2.24, 2.45) is 0 Å². The molecule has 0 bridgehead atoms. The molecule has 0 saturated carbocycles. The van der Waals surface area contributed by atoms with E-state index in [1.165, 1.54) is 0 Å². The number of carbonyl (C=O) groups is 1. The maximum absolute atomic E-state index is 13.1. The van der Waals surface area contributed by atoms with Crippen molar-refractivity contribution in [3.8, 4) is 11.8 Å². The zero-order chi connectivity index (χ0) is 24.2. The topological polar surface area (TPSA) is 120 Å². The molecule has 2 atom stereocenters. The van der Waals surface area contributed by atoms with Crippen molar-refractivity contribution in [3.05, 3.63) is 29.3 Å². The van der Waals surface area contributed by atoms with Gasteiger partial charge in [0.15, 0.2) is 0 Å². The summed E-state index contributed by atoms with van der Waals surface area (Å²) in [7, 11) is -3.38. The van der Waals surface area contributed by atoms with Gasteiger partial charge in [-0.1, -0.05) is 12.8 Å². The van der Waals surface area contributed by atoms with E-state index in [1.54, 1.807) is 36.9 Å². The van der Waals surface area contributed by atoms with Crippen LogP contribution in [0.15, 0.2) is 18.2 Å². The van der Waals surface area contributed by atoms with Crippen LogP contribution in [-0.2, 0) is 19.1 Å². The molecule has 1 amide bonds. The van der Waals surface area contributed by atoms with Crippen molar-refractivity contribution in [1.29, 1.82) is 5.26 Å². The highest BCUT2D eigenvalue weighted by Gasteiger charge is 2.47. The Morgan fingerprint density at radius 1 is 1.24 bits per heavy atom. The molecule has 1 saturated heterocycles. The summed E-state index contributed by atoms with van der Waals surface area (Å²) in [6.07, 6.45) is 3.51. The number of fused-ring (bicyclic) bond motifs is 1. The van der Waals surface area contributed by atoms with E-state index in [2.05, 4.69) is 11.0 Å². The van der Waals surface area contributed by atoms with E-state index < -0.39 is 27.9 Å². The van der Waals surface area contributed by atoms with Gasteiger partial charge >= 0.3 is 0 Å². The zero-order valence-electron chi connectivity index (χ0n) is 19.5. The molecule has 1 aromatic rings. The predicted molar refractivity (Wildman–Crippen MR) is 122 cm³/mol. The summed E-state index contributed by atoms with van der Waals surface area (Å²) in [5, 5.41) is 20.4. The molecule has 0 spiro atoms. The first-order chi connectivity index (χ1) is 15.5. The number of ether oxygens (including phenoxy) is 1. The number of hydrogen-bond acceptors (Lipinski definition) is 8. The van der Waals surface area contributed by atoms with Crippen LogP contribution in [0.2, 0.25) is 0 Å². The molecule has 1 aromatic carbocycles. The summed E-state index contributed by atoms with van der Waals surface area (Å²) in [5.41, 5.74) is 0.255. The smallest absolute Gasteiger partial charge is 0.264 e. The summed E-state index contributed by atoms with van der Waals surface area (Å²) in [6.45, 7) is 6.03. The molecular formula is C23H33N3O6S. The van der Waals surface area contributed by atoms with E-state index in [1.807, 2.05) is 0 Å². The highest BCUT2D eigenvalue weighted by atomic mass is 32.2. The molecule has 0 unspecified atom stereocenters. The van der Waals surface area contributed by atoms with Crippen LogP contribution in [0.3, 0.4) is 0 Å². The number of nitriles is 1. The lowest BCUT2D eigenvalue weighted by molar-refractivity contribution is -0.150. The molecule has 2 aliphatic rings. The first-order valence-electron chi connectivity index (χ1n) is 11.3. The summed E-state index contributed by atoms with van der Waals surface area (Å²) < 4.78 is 32.6. The fourth-order valence-electron chi connectivity index (χ4n) is 4.40. The van der Waals surface area contributed by atoms with Gasteiger partial charge in [0.25, 0.3) is 10.1 Å². The molecule has 10 heteroatoms. The maximum Gasteiger partial charge on any atom is 0.264 e. The average molecular weight is 480 g/mol. The molecule has 0 aliphatic carbocycles. The third-order valence-electron chi connectivity index (χ3n) is 6.18. The van der Waals surface area contributed by atoms with Crippen LogP contribution in [0.5, 0.6) is 5.75 Å². The number of carbonyl (C=O) groups excluding carboxylic acids is 1. The lowest BCUT2D eigenvalue weighted by atomic mass is 9.84. The highest BCUT2D eigenvalue weighted by Crippen LogP contribution is 2.43. The van der Waals surface area contributed by atoms with Crippen LogP contribution in [0.25, 0.3) is 0 Å². The molecule has 2 aliphatic heterocycles. The number of piperazine rings is 1. The fourth-order valence-corrected chi connectivity index (χ4v) is 4.82. The molecule has 33 heavy (non-hydrogen) atoms. The number of rotatable bonds is 9. The maximum atomic E-state index is 13.1. The van der Waals surface area contributed by atoms with E-state index in [9.17, 15) is 23.6 Å². The van der Waals surface area contributed by atoms with Gasteiger partial charge in [0.1, 0.15) is 17.5 Å². The normalized spacial score (nSPS) is 23.0. The molecule has 9 nitrogen and oxygen atoms in total. The molecule has 182 valence electrons. The van der Waals surface area contributed by atoms with Gasteiger partial charge in [-0.15, -0.1) is 0 Å². The van der Waals surface area contributed by atoms with Gasteiger partial charge in [-0.2, -0.15) is 13.7 Å². The minimum atomic E-state index is -3.38. The van der Waals surface area contributed by atoms with Gasteiger partial charge in [-0.25, -0.2) is 0 Å². The summed E-state index contributed by atoms with van der Waals surface area (Å²) >= 11 is 0. The van der Waals surface area contributed by atoms with Crippen molar-refractivity contribution in [3.63, 3.8) is 0 Å². The van der Waals surface area contributed by atoms with Gasteiger partial charge in [-0.05, 0) is 51.4 Å². The second-order valence-corrected chi connectivity index (χ2v) is 10.9. The molecule has 2 heterocycles. The number of unbranched alkanes of at least 4 members (excludes halogenated alkanes) is 3. The van der Waals surface area contributed by atoms with Gasteiger partial charge in [0.05, 0.1) is 37.1 Å². The highest BCUT2D eigenvalue weighted by molar-refractivity contribution is 7.85. The zero-order valence-corrected chi connectivity index (χ0v) is 20.3. The van der Waals surface area contributed by atoms with Gasteiger partial charge in [0, 0.05) is 18.7 Å². The second kappa shape index (κ2) is 10.4. The predicted octanol–water partition coefficient (Wildman–Crippen LogP) is 1.81. The van der Waals surface area contributed by atoms with Crippen LogP contribution in [0.1, 0.15) is 56.7 Å². The van der Waals surface area contributed by atoms with E-state index in [-0.39, 0.29) is 19.1 Å². The summed E-state index contributed by atoms with van der Waals surface area (Å²) in [5.74, 6) is 0.530. The largest absolute Gasteiger partial charge is 0.485 e. The minimum absolute atomic E-state index is 0.0575. The Bertz CT molecular complexity index is 1000. The molecule has 3 rings (SSSR count). The lowest BCUT2D eigenvalue weighted by Crippen LogP contribution is -2.59. The van der Waals surface area contributed by atoms with Crippen molar-refractivity contribution in [2.75, 3.05) is 39.0 Å². The van der Waals surface area contributed by atoms with E-state index in [4.69, 9.17) is 8.92 Å². The Kier molecular flexibility index (Phi) is 8.00. The Hall–Kier alpha value is -2.19. The Labute approximate surface area is 196 Å². The quantitative estimate of drug-likeness (QED) is 0.421. The third kappa shape index (κ3) is 6.44. The van der Waals surface area contributed by atoms with Gasteiger partial charge < -0.3 is 14.7 Å². The Morgan fingerprint density at radius 3 is 2.64 bits per heavy atom. The number of nitrogens with zero attached hydrogens (tertiary/aromatic N) is 3. The van der Waals surface area contributed by atoms with E-state index >= 15 is 0 Å². The SMILES string of the molecule is CC1(C)Oc2ccc(C#N)cc2[C@@H](N2CCN(CCCCCCOS(C)(=O)=O)CC2=O)[C@@H]1O. The first kappa shape index (κ1) is 25.4. The van der Waals surface area contributed by atoms with Crippen LogP contribution in [0, 0.1) is 11.3 Å². The van der Waals surface area contributed by atoms with Crippen molar-refractivity contribution in [2.45, 2.75) is 57.3 Å². The summed E-state index contributed by atoms with van der Waals surface area (Å²) in [4.78, 5) is 16.9.